The number of non-ortho nitro benzene ring substituents is 1. The molecule has 1 aromatic heterocycles. The number of fused-ring (bicyclic) bond motifs is 1. The highest BCUT2D eigenvalue weighted by molar-refractivity contribution is 5.94. The number of H-pyrrole nitrogens is 1. The van der Waals surface area contributed by atoms with Gasteiger partial charge in [0, 0.05) is 30.7 Å². The second-order valence-corrected chi connectivity index (χ2v) is 5.16. The average Bonchev–Trinajstić information content (AvgIpc) is 2.96. The summed E-state index contributed by atoms with van der Waals surface area (Å²) in [5.41, 5.74) is 1.32. The Kier molecular flexibility index (Phi) is 4.19. The molecule has 24 heavy (non-hydrogen) atoms. The molecule has 2 aromatic carbocycles. The Morgan fingerprint density at radius 2 is 2.12 bits per heavy atom. The first-order chi connectivity index (χ1) is 11.5. The highest BCUT2D eigenvalue weighted by Gasteiger charge is 2.11. The summed E-state index contributed by atoms with van der Waals surface area (Å²) in [6, 6.07) is 9.77. The molecule has 0 bridgehead atoms. The van der Waals surface area contributed by atoms with Crippen LogP contribution in [0.5, 0.6) is 0 Å². The van der Waals surface area contributed by atoms with E-state index in [-0.39, 0.29) is 17.1 Å². The third-order valence-electron chi connectivity index (χ3n) is 3.46. The molecule has 7 nitrogen and oxygen atoms in total. The number of nitro benzene ring substituents is 1. The van der Waals surface area contributed by atoms with Crippen LogP contribution in [0.15, 0.2) is 42.5 Å². The van der Waals surface area contributed by atoms with Crippen LogP contribution < -0.4 is 5.32 Å². The van der Waals surface area contributed by atoms with Crippen molar-refractivity contribution < 1.29 is 14.1 Å². The van der Waals surface area contributed by atoms with Crippen molar-refractivity contribution >= 4 is 22.6 Å². The normalized spacial score (nSPS) is 10.7. The number of nitrogens with zero attached hydrogens (tertiary/aromatic N) is 2. The number of nitro groups is 1. The maximum atomic E-state index is 13.1. The molecule has 0 atom stereocenters. The number of halogens is 1. The molecule has 3 rings (SSSR count). The maximum absolute atomic E-state index is 13.1. The highest BCUT2D eigenvalue weighted by atomic mass is 19.1. The van der Waals surface area contributed by atoms with E-state index in [0.29, 0.717) is 29.8 Å². The summed E-state index contributed by atoms with van der Waals surface area (Å²) in [5, 5.41) is 13.4. The van der Waals surface area contributed by atoms with Crippen LogP contribution in [0.3, 0.4) is 0 Å². The summed E-state index contributed by atoms with van der Waals surface area (Å²) in [7, 11) is 0. The lowest BCUT2D eigenvalue weighted by Gasteiger charge is -2.04. The van der Waals surface area contributed by atoms with Gasteiger partial charge in [-0.2, -0.15) is 0 Å². The van der Waals surface area contributed by atoms with Gasteiger partial charge in [0.2, 0.25) is 0 Å². The minimum absolute atomic E-state index is 0.137. The van der Waals surface area contributed by atoms with Crippen LogP contribution in [0.1, 0.15) is 16.2 Å². The van der Waals surface area contributed by atoms with Crippen LogP contribution in [0, 0.1) is 15.9 Å². The van der Waals surface area contributed by atoms with E-state index in [4.69, 9.17) is 0 Å². The van der Waals surface area contributed by atoms with Crippen molar-refractivity contribution in [2.75, 3.05) is 6.54 Å². The molecule has 3 aromatic rings. The van der Waals surface area contributed by atoms with E-state index in [9.17, 15) is 19.3 Å². The molecule has 0 fully saturated rings. The Morgan fingerprint density at radius 1 is 1.29 bits per heavy atom. The summed E-state index contributed by atoms with van der Waals surface area (Å²) >= 11 is 0. The quantitative estimate of drug-likeness (QED) is 0.555. The van der Waals surface area contributed by atoms with Crippen molar-refractivity contribution in [1.29, 1.82) is 0 Å². The standard InChI is InChI=1S/C16H13FN4O3/c17-11-4-5-13-14(9-11)20-15(19-13)6-7-18-16(22)10-2-1-3-12(8-10)21(23)24/h1-5,8-9H,6-7H2,(H,18,22)(H,19,20). The van der Waals surface area contributed by atoms with Gasteiger partial charge in [-0.15, -0.1) is 0 Å². The molecule has 0 unspecified atom stereocenters. The molecule has 1 heterocycles. The summed E-state index contributed by atoms with van der Waals surface area (Å²) in [6.07, 6.45) is 0.428. The largest absolute Gasteiger partial charge is 0.352 e. The van der Waals surface area contributed by atoms with Crippen molar-refractivity contribution in [3.63, 3.8) is 0 Å². The van der Waals surface area contributed by atoms with Crippen LogP contribution in [0.2, 0.25) is 0 Å². The van der Waals surface area contributed by atoms with E-state index in [1.165, 1.54) is 36.4 Å². The maximum Gasteiger partial charge on any atom is 0.270 e. The number of aromatic amines is 1. The van der Waals surface area contributed by atoms with Gasteiger partial charge in [-0.25, -0.2) is 9.37 Å². The summed E-state index contributed by atoms with van der Waals surface area (Å²) < 4.78 is 13.1. The first-order valence-electron chi connectivity index (χ1n) is 7.20. The predicted octanol–water partition coefficient (Wildman–Crippen LogP) is 2.58. The van der Waals surface area contributed by atoms with Gasteiger partial charge in [-0.1, -0.05) is 6.07 Å². The number of imidazole rings is 1. The van der Waals surface area contributed by atoms with Gasteiger partial charge in [-0.05, 0) is 24.3 Å². The van der Waals surface area contributed by atoms with Crippen molar-refractivity contribution in [3.8, 4) is 0 Å². The molecule has 0 spiro atoms. The molecule has 0 saturated heterocycles. The van der Waals surface area contributed by atoms with Crippen LogP contribution in [0.25, 0.3) is 11.0 Å². The van der Waals surface area contributed by atoms with E-state index in [2.05, 4.69) is 15.3 Å². The SMILES string of the molecule is O=C(NCCc1nc2ccc(F)cc2[nH]1)c1cccc([N+](=O)[O-])c1. The van der Waals surface area contributed by atoms with Gasteiger partial charge >= 0.3 is 0 Å². The van der Waals surface area contributed by atoms with Gasteiger partial charge in [0.25, 0.3) is 11.6 Å². The zero-order valence-corrected chi connectivity index (χ0v) is 12.5. The van der Waals surface area contributed by atoms with Crippen molar-refractivity contribution in [3.05, 3.63) is 69.8 Å². The number of hydrogen-bond donors (Lipinski definition) is 2. The summed E-state index contributed by atoms with van der Waals surface area (Å²) in [6.45, 7) is 0.295. The Morgan fingerprint density at radius 3 is 2.92 bits per heavy atom. The number of nitrogens with one attached hydrogen (secondary N) is 2. The van der Waals surface area contributed by atoms with E-state index in [1.54, 1.807) is 6.07 Å². The third-order valence-corrected chi connectivity index (χ3v) is 3.46. The topological polar surface area (TPSA) is 101 Å². The van der Waals surface area contributed by atoms with Crippen molar-refractivity contribution in [2.45, 2.75) is 6.42 Å². The van der Waals surface area contributed by atoms with Gasteiger partial charge in [-0.3, -0.25) is 14.9 Å². The lowest BCUT2D eigenvalue weighted by molar-refractivity contribution is -0.384. The average molecular weight is 328 g/mol. The number of aromatic nitrogens is 2. The monoisotopic (exact) mass is 328 g/mol. The van der Waals surface area contributed by atoms with Gasteiger partial charge < -0.3 is 10.3 Å². The fraction of sp³-hybridized carbons (Fsp3) is 0.125. The smallest absolute Gasteiger partial charge is 0.270 e. The van der Waals surface area contributed by atoms with E-state index >= 15 is 0 Å². The van der Waals surface area contributed by atoms with E-state index in [0.717, 1.165) is 0 Å². The van der Waals surface area contributed by atoms with Gasteiger partial charge in [0.15, 0.2) is 0 Å². The molecule has 2 N–H and O–H groups in total. The second-order valence-electron chi connectivity index (χ2n) is 5.16. The molecule has 122 valence electrons. The minimum atomic E-state index is -0.551. The molecular formula is C16H13FN4O3. The van der Waals surface area contributed by atoms with Crippen LogP contribution >= 0.6 is 0 Å². The summed E-state index contributed by atoms with van der Waals surface area (Å²) in [4.78, 5) is 29.5. The Hall–Kier alpha value is -3.29. The van der Waals surface area contributed by atoms with Gasteiger partial charge in [0.1, 0.15) is 11.6 Å². The van der Waals surface area contributed by atoms with Crippen LogP contribution in [-0.4, -0.2) is 27.3 Å². The fourth-order valence-electron chi connectivity index (χ4n) is 2.31. The zero-order chi connectivity index (χ0) is 17.1. The zero-order valence-electron chi connectivity index (χ0n) is 12.5. The molecule has 1 amide bonds. The number of rotatable bonds is 5. The first-order valence-corrected chi connectivity index (χ1v) is 7.20. The number of carbonyl (C=O) groups is 1. The molecule has 0 radical (unpaired) electrons. The number of hydrogen-bond acceptors (Lipinski definition) is 4. The van der Waals surface area contributed by atoms with Crippen LogP contribution in [0.4, 0.5) is 10.1 Å². The van der Waals surface area contributed by atoms with Crippen molar-refractivity contribution in [1.82, 2.24) is 15.3 Å². The lowest BCUT2D eigenvalue weighted by Crippen LogP contribution is -2.25. The second kappa shape index (κ2) is 6.45. The Labute approximate surface area is 135 Å². The molecule has 0 saturated carbocycles. The van der Waals surface area contributed by atoms with E-state index < -0.39 is 10.8 Å². The highest BCUT2D eigenvalue weighted by Crippen LogP contribution is 2.14. The molecular weight excluding hydrogens is 315 g/mol. The number of amides is 1. The fourth-order valence-corrected chi connectivity index (χ4v) is 2.31. The number of carbonyl (C=O) groups excluding carboxylic acids is 1. The summed E-state index contributed by atoms with van der Waals surface area (Å²) in [5.74, 6) is -0.132. The van der Waals surface area contributed by atoms with Crippen LogP contribution in [-0.2, 0) is 6.42 Å². The molecule has 0 aliphatic carbocycles. The van der Waals surface area contributed by atoms with E-state index in [1.807, 2.05) is 0 Å². The van der Waals surface area contributed by atoms with Crippen molar-refractivity contribution in [2.24, 2.45) is 0 Å². The third kappa shape index (κ3) is 3.37. The molecule has 0 aliphatic heterocycles. The minimum Gasteiger partial charge on any atom is -0.352 e. The number of benzene rings is 2. The molecule has 8 heteroatoms. The first kappa shape index (κ1) is 15.6. The lowest BCUT2D eigenvalue weighted by atomic mass is 10.2. The Bertz CT molecular complexity index is 923. The Balaban J connectivity index is 1.61. The molecule has 0 aliphatic rings. The van der Waals surface area contributed by atoms with Gasteiger partial charge in [0.05, 0.1) is 16.0 Å². The predicted molar refractivity (Wildman–Crippen MR) is 85.2 cm³/mol.